The summed E-state index contributed by atoms with van der Waals surface area (Å²) in [7, 11) is 0.849. The van der Waals surface area contributed by atoms with Crippen molar-refractivity contribution in [2.24, 2.45) is 0 Å². The minimum Gasteiger partial charge on any atom is -0.542 e. The molecule has 0 aliphatic rings. The van der Waals surface area contributed by atoms with Crippen molar-refractivity contribution in [1.82, 2.24) is 0 Å². The molecular weight excluding hydrogens is 368 g/mol. The van der Waals surface area contributed by atoms with E-state index in [1.165, 1.54) is 10.5 Å². The summed E-state index contributed by atoms with van der Waals surface area (Å²) < 4.78 is 11.3. The van der Waals surface area contributed by atoms with Gasteiger partial charge >= 0.3 is 0 Å². The Morgan fingerprint density at radius 2 is 1.76 bits per heavy atom. The van der Waals surface area contributed by atoms with Crippen LogP contribution >= 0.6 is 23.4 Å². The van der Waals surface area contributed by atoms with Crippen molar-refractivity contribution in [1.29, 1.82) is 0 Å². The van der Waals surface area contributed by atoms with Crippen molar-refractivity contribution in [3.8, 4) is 11.5 Å². The second-order valence-corrected chi connectivity index (χ2v) is 9.44. The molecule has 0 fully saturated rings. The highest BCUT2D eigenvalue weighted by Crippen LogP contribution is 2.35. The third-order valence-electron chi connectivity index (χ3n) is 3.73. The third-order valence-corrected chi connectivity index (χ3v) is 5.64. The van der Waals surface area contributed by atoms with Gasteiger partial charge in [0.2, 0.25) is 0 Å². The van der Waals surface area contributed by atoms with Crippen LogP contribution in [0.15, 0.2) is 59.5 Å². The molecule has 0 heterocycles. The lowest BCUT2D eigenvalue weighted by molar-refractivity contribution is 0.414. The largest absolute Gasteiger partial charge is 0.542 e. The quantitative estimate of drug-likeness (QED) is 0.359. The molecule has 2 nitrogen and oxygen atoms in total. The van der Waals surface area contributed by atoms with Crippen LogP contribution in [0.4, 0.5) is 0 Å². The van der Waals surface area contributed by atoms with Gasteiger partial charge in [-0.2, -0.15) is 0 Å². The zero-order valence-corrected chi connectivity index (χ0v) is 17.1. The summed E-state index contributed by atoms with van der Waals surface area (Å²) >= 11 is 7.97. The van der Waals surface area contributed by atoms with Gasteiger partial charge in [-0.3, -0.25) is 0 Å². The van der Waals surface area contributed by atoms with Gasteiger partial charge in [-0.15, -0.1) is 11.8 Å². The molecule has 0 spiro atoms. The summed E-state index contributed by atoms with van der Waals surface area (Å²) in [5, 5.41) is 2.98. The average molecular weight is 388 g/mol. The lowest BCUT2D eigenvalue weighted by Gasteiger charge is -2.14. The van der Waals surface area contributed by atoms with Crippen LogP contribution in [0.1, 0.15) is 5.56 Å². The molecule has 0 aromatic heterocycles. The molecule has 25 heavy (non-hydrogen) atoms. The molecule has 3 aromatic carbocycles. The molecule has 0 unspecified atom stereocenters. The topological polar surface area (TPSA) is 18.5 Å². The molecule has 0 amide bonds. The number of benzene rings is 3. The normalized spacial score (nSPS) is 11.1. The Labute approximate surface area is 159 Å². The number of rotatable bonds is 6. The fraction of sp³-hybridized carbons (Fsp3) is 0.200. The Hall–Kier alpha value is -1.62. The highest BCUT2D eigenvalue weighted by atomic mass is 35.5. The zero-order valence-electron chi connectivity index (χ0n) is 14.5. The van der Waals surface area contributed by atoms with Gasteiger partial charge in [-0.1, -0.05) is 23.7 Å². The number of fused-ring (bicyclic) bond motifs is 1. The number of ether oxygens (including phenoxy) is 1. The van der Waals surface area contributed by atoms with E-state index >= 15 is 0 Å². The maximum atomic E-state index is 6.18. The summed E-state index contributed by atoms with van der Waals surface area (Å²) in [6, 6.07) is 18.5. The molecule has 3 aromatic rings. The Balaban J connectivity index is 1.86. The molecule has 129 valence electrons. The van der Waals surface area contributed by atoms with E-state index in [1.54, 1.807) is 18.9 Å². The van der Waals surface area contributed by atoms with Gasteiger partial charge in [0.15, 0.2) is 0 Å². The summed E-state index contributed by atoms with van der Waals surface area (Å²) in [5.41, 5.74) is 1.26. The van der Waals surface area contributed by atoms with E-state index in [-0.39, 0.29) is 0 Å². The number of halogens is 1. The van der Waals surface area contributed by atoms with E-state index in [4.69, 9.17) is 20.8 Å². The lowest BCUT2D eigenvalue weighted by atomic mass is 10.1. The van der Waals surface area contributed by atoms with Crippen molar-refractivity contribution in [3.05, 3.63) is 65.2 Å². The van der Waals surface area contributed by atoms with Crippen molar-refractivity contribution in [2.75, 3.05) is 7.11 Å². The number of hydrogen-bond donors (Lipinski definition) is 0. The predicted molar refractivity (Wildman–Crippen MR) is 110 cm³/mol. The zero-order chi connectivity index (χ0) is 17.8. The third kappa shape index (κ3) is 4.72. The molecule has 0 saturated heterocycles. The first-order valence-corrected chi connectivity index (χ1v) is 11.8. The van der Waals surface area contributed by atoms with Crippen LogP contribution in [-0.4, -0.2) is 16.2 Å². The van der Waals surface area contributed by atoms with Crippen LogP contribution in [0.3, 0.4) is 0 Å². The van der Waals surface area contributed by atoms with Crippen LogP contribution in [0.25, 0.3) is 10.8 Å². The SMILES string of the molecule is COc1ccc(CSc2cc(O[Si](C)C)c3ccc(Cl)cc3c2)cc1. The van der Waals surface area contributed by atoms with Gasteiger partial charge in [0.05, 0.1) is 7.11 Å². The molecule has 3 rings (SSSR count). The Kier molecular flexibility index (Phi) is 5.94. The molecule has 0 N–H and O–H groups in total. The standard InChI is InChI=1S/C20H20ClO2SSi/c1-22-17-7-4-14(5-8-17)13-24-18-11-15-10-16(21)6-9-19(15)20(12-18)23-25(2)3/h4-12H,13H2,1-3H3. The minimum absolute atomic E-state index is 0.745. The van der Waals surface area contributed by atoms with Crippen LogP contribution < -0.4 is 9.16 Å². The van der Waals surface area contributed by atoms with E-state index in [0.717, 1.165) is 33.0 Å². The smallest absolute Gasteiger partial charge is 0.274 e. The molecule has 0 aliphatic heterocycles. The highest BCUT2D eigenvalue weighted by molar-refractivity contribution is 7.98. The highest BCUT2D eigenvalue weighted by Gasteiger charge is 2.09. The van der Waals surface area contributed by atoms with E-state index in [0.29, 0.717) is 0 Å². The van der Waals surface area contributed by atoms with Gasteiger partial charge in [-0.25, -0.2) is 0 Å². The number of methoxy groups -OCH3 is 1. The number of thioether (sulfide) groups is 1. The van der Waals surface area contributed by atoms with Crippen molar-refractivity contribution >= 4 is 43.2 Å². The monoisotopic (exact) mass is 387 g/mol. The van der Waals surface area contributed by atoms with Gasteiger partial charge < -0.3 is 9.16 Å². The van der Waals surface area contributed by atoms with Crippen LogP contribution in [-0.2, 0) is 5.75 Å². The van der Waals surface area contributed by atoms with Gasteiger partial charge in [0.1, 0.15) is 11.5 Å². The minimum atomic E-state index is -0.834. The number of hydrogen-bond acceptors (Lipinski definition) is 3. The molecular formula is C20H20ClO2SSi. The fourth-order valence-corrected chi connectivity index (χ4v) is 4.27. The first-order chi connectivity index (χ1) is 12.0. The molecule has 1 radical (unpaired) electrons. The molecule has 5 heteroatoms. The maximum Gasteiger partial charge on any atom is 0.274 e. The molecule has 0 atom stereocenters. The summed E-state index contributed by atoms with van der Waals surface area (Å²) in [6.07, 6.45) is 0. The van der Waals surface area contributed by atoms with Crippen LogP contribution in [0.5, 0.6) is 11.5 Å². The van der Waals surface area contributed by atoms with Crippen LogP contribution in [0, 0.1) is 0 Å². The maximum absolute atomic E-state index is 6.18. The Morgan fingerprint density at radius 3 is 2.44 bits per heavy atom. The molecule has 0 aliphatic carbocycles. The van der Waals surface area contributed by atoms with Gasteiger partial charge in [-0.05, 0) is 66.5 Å². The average Bonchev–Trinajstić information content (AvgIpc) is 2.59. The predicted octanol–water partition coefficient (Wildman–Crippen LogP) is 6.42. The Morgan fingerprint density at radius 1 is 1.00 bits per heavy atom. The summed E-state index contributed by atoms with van der Waals surface area (Å²) in [6.45, 7) is 4.28. The first kappa shape index (κ1) is 18.2. The Bertz CT molecular complexity index is 865. The van der Waals surface area contributed by atoms with E-state index in [1.807, 2.05) is 30.3 Å². The van der Waals surface area contributed by atoms with Gasteiger partial charge in [0, 0.05) is 21.1 Å². The van der Waals surface area contributed by atoms with E-state index in [9.17, 15) is 0 Å². The second kappa shape index (κ2) is 8.17. The summed E-state index contributed by atoms with van der Waals surface area (Å²) in [4.78, 5) is 1.18. The van der Waals surface area contributed by atoms with Crippen molar-refractivity contribution in [3.63, 3.8) is 0 Å². The summed E-state index contributed by atoms with van der Waals surface area (Å²) in [5.74, 6) is 2.72. The van der Waals surface area contributed by atoms with E-state index < -0.39 is 9.04 Å². The second-order valence-electron chi connectivity index (χ2n) is 5.93. The van der Waals surface area contributed by atoms with Crippen molar-refractivity contribution in [2.45, 2.75) is 23.7 Å². The fourth-order valence-electron chi connectivity index (χ4n) is 2.56. The lowest BCUT2D eigenvalue weighted by Crippen LogP contribution is -2.11. The van der Waals surface area contributed by atoms with Gasteiger partial charge in [0.25, 0.3) is 9.04 Å². The molecule has 0 saturated carbocycles. The van der Waals surface area contributed by atoms with E-state index in [2.05, 4.69) is 37.4 Å². The first-order valence-electron chi connectivity index (χ1n) is 8.02. The van der Waals surface area contributed by atoms with Crippen molar-refractivity contribution < 1.29 is 9.16 Å². The van der Waals surface area contributed by atoms with Crippen LogP contribution in [0.2, 0.25) is 18.1 Å². The molecule has 0 bridgehead atoms.